The Hall–Kier alpha value is -6.10. The maximum Gasteiger partial charge on any atom is 0.243 e. The van der Waals surface area contributed by atoms with Crippen molar-refractivity contribution in [2.24, 2.45) is 22.7 Å². The van der Waals surface area contributed by atoms with Crippen LogP contribution in [-0.2, 0) is 27.3 Å². The average molecular weight is 991 g/mol. The van der Waals surface area contributed by atoms with E-state index in [4.69, 9.17) is 9.97 Å². The number of aliphatic hydroxyl groups is 1. The van der Waals surface area contributed by atoms with Crippen LogP contribution in [0.2, 0.25) is 0 Å². The number of piperidine rings is 1. The number of aliphatic hydroxyl groups excluding tert-OH is 1. The van der Waals surface area contributed by atoms with Gasteiger partial charge in [-0.15, -0.1) is 21.5 Å². The summed E-state index contributed by atoms with van der Waals surface area (Å²) in [6.07, 6.45) is 8.30. The number of H-pyrrole nitrogens is 1. The fourth-order valence-electron chi connectivity index (χ4n) is 12.7. The SMILES string of the molecule is Cc1ncsc1-c1ccc(CNC(=O)[C@@H]2C[C@@H](O)CN2C(=O)[C@@H](CC(=O)C2CC3(C2)CC(N2CCC(c4ccnc(N5CCc6[nH]c7nnc(-c8ccccc8O)cc7c6[C@@H]5C)n4)CC2)C3)C(C)(C)C)cc1. The highest BCUT2D eigenvalue weighted by Gasteiger charge is 2.56. The number of Topliss-reactive ketones (excluding diaryl/α,β-unsaturated/α-hetero) is 1. The molecule has 1 spiro atoms. The molecule has 6 aromatic rings. The molecule has 0 bridgehead atoms. The van der Waals surface area contributed by atoms with Crippen LogP contribution >= 0.6 is 11.3 Å². The normalized spacial score (nSPS) is 25.0. The van der Waals surface area contributed by atoms with Crippen molar-refractivity contribution < 1.29 is 24.6 Å². The number of likely N-dealkylation sites (tertiary alicyclic amines) is 2. The molecule has 2 saturated carbocycles. The van der Waals surface area contributed by atoms with Crippen molar-refractivity contribution in [3.05, 3.63) is 101 Å². The van der Waals surface area contributed by atoms with Crippen molar-refractivity contribution in [2.75, 3.05) is 31.1 Å². The largest absolute Gasteiger partial charge is 0.507 e. The second-order valence-electron chi connectivity index (χ2n) is 22.6. The van der Waals surface area contributed by atoms with E-state index in [9.17, 15) is 24.6 Å². The lowest BCUT2D eigenvalue weighted by Gasteiger charge is -2.60. The van der Waals surface area contributed by atoms with Crippen LogP contribution in [-0.4, -0.2) is 112 Å². The first-order valence-corrected chi connectivity index (χ1v) is 26.8. The van der Waals surface area contributed by atoms with Gasteiger partial charge in [0.1, 0.15) is 17.6 Å². The minimum Gasteiger partial charge on any atom is -0.507 e. The van der Waals surface area contributed by atoms with Gasteiger partial charge in [0.15, 0.2) is 5.65 Å². The van der Waals surface area contributed by atoms with Gasteiger partial charge in [-0.05, 0) is 112 Å². The summed E-state index contributed by atoms with van der Waals surface area (Å²) in [6.45, 7) is 13.4. The van der Waals surface area contributed by atoms with Gasteiger partial charge in [0.05, 0.1) is 33.9 Å². The third-order valence-electron chi connectivity index (χ3n) is 16.9. The molecule has 16 heteroatoms. The van der Waals surface area contributed by atoms with Crippen LogP contribution in [0.1, 0.15) is 119 Å². The number of phenols is 1. The number of ketones is 1. The zero-order valence-corrected chi connectivity index (χ0v) is 42.8. The van der Waals surface area contributed by atoms with E-state index in [1.54, 1.807) is 23.5 Å². The van der Waals surface area contributed by atoms with Crippen molar-refractivity contribution in [1.82, 2.24) is 45.2 Å². The molecule has 2 saturated heterocycles. The van der Waals surface area contributed by atoms with Crippen LogP contribution in [0.25, 0.3) is 32.7 Å². The summed E-state index contributed by atoms with van der Waals surface area (Å²) in [5.74, 6) is 0.274. The van der Waals surface area contributed by atoms with E-state index in [0.29, 0.717) is 29.8 Å². The molecule has 2 amide bonds. The van der Waals surface area contributed by atoms with E-state index >= 15 is 0 Å². The first kappa shape index (κ1) is 48.2. The second-order valence-corrected chi connectivity index (χ2v) is 23.4. The van der Waals surface area contributed by atoms with Gasteiger partial charge in [-0.2, -0.15) is 0 Å². The quantitative estimate of drug-likeness (QED) is 0.0918. The van der Waals surface area contributed by atoms with Gasteiger partial charge in [0.25, 0.3) is 0 Å². The van der Waals surface area contributed by atoms with E-state index in [1.165, 1.54) is 10.5 Å². The highest BCUT2D eigenvalue weighted by Crippen LogP contribution is 2.61. The average Bonchev–Trinajstić information content (AvgIpc) is 4.08. The number of aromatic nitrogens is 6. The van der Waals surface area contributed by atoms with Crippen molar-refractivity contribution in [1.29, 1.82) is 0 Å². The Morgan fingerprint density at radius 3 is 2.46 bits per heavy atom. The molecule has 72 heavy (non-hydrogen) atoms. The molecule has 5 aliphatic rings. The van der Waals surface area contributed by atoms with Gasteiger partial charge >= 0.3 is 0 Å². The Bertz CT molecular complexity index is 3000. The van der Waals surface area contributed by atoms with Crippen molar-refractivity contribution in [2.45, 2.75) is 129 Å². The number of nitrogens with one attached hydrogen (secondary N) is 2. The highest BCUT2D eigenvalue weighted by molar-refractivity contribution is 7.13. The molecule has 15 nitrogen and oxygen atoms in total. The molecule has 11 rings (SSSR count). The summed E-state index contributed by atoms with van der Waals surface area (Å²) in [5, 5.41) is 34.2. The fourth-order valence-corrected chi connectivity index (χ4v) is 13.6. The Balaban J connectivity index is 0.657. The number of hydrogen-bond acceptors (Lipinski definition) is 13. The number of aryl methyl sites for hydroxylation is 1. The monoisotopic (exact) mass is 990 g/mol. The van der Waals surface area contributed by atoms with Gasteiger partial charge in [0.2, 0.25) is 17.8 Å². The topological polar surface area (TPSA) is 194 Å². The molecule has 4 fully saturated rings. The molecule has 4 atom stereocenters. The third kappa shape index (κ3) is 9.19. The van der Waals surface area contributed by atoms with E-state index in [0.717, 1.165) is 115 Å². The number of para-hydroxylation sites is 1. The highest BCUT2D eigenvalue weighted by atomic mass is 32.1. The van der Waals surface area contributed by atoms with E-state index in [1.807, 2.05) is 81.9 Å². The Labute approximate surface area is 424 Å². The van der Waals surface area contributed by atoms with Crippen LogP contribution in [0.15, 0.2) is 72.4 Å². The van der Waals surface area contributed by atoms with Crippen LogP contribution < -0.4 is 10.2 Å². The molecule has 7 heterocycles. The number of amides is 2. The second kappa shape index (κ2) is 19.1. The Kier molecular flexibility index (Phi) is 12.8. The van der Waals surface area contributed by atoms with Crippen LogP contribution in [0.5, 0.6) is 5.75 Å². The van der Waals surface area contributed by atoms with Gasteiger partial charge in [-0.1, -0.05) is 57.2 Å². The number of aromatic amines is 1. The molecule has 2 aromatic carbocycles. The Morgan fingerprint density at radius 1 is 0.972 bits per heavy atom. The van der Waals surface area contributed by atoms with Crippen LogP contribution in [0.3, 0.4) is 0 Å². The number of nitrogens with zero attached hydrogens (tertiary/aromatic N) is 8. The van der Waals surface area contributed by atoms with E-state index in [2.05, 4.69) is 48.3 Å². The summed E-state index contributed by atoms with van der Waals surface area (Å²) < 4.78 is 0. The minimum atomic E-state index is -0.803. The number of carbonyl (C=O) groups is 3. The number of anilines is 1. The van der Waals surface area contributed by atoms with Crippen molar-refractivity contribution in [3.8, 4) is 27.4 Å². The van der Waals surface area contributed by atoms with Crippen molar-refractivity contribution in [3.63, 3.8) is 0 Å². The van der Waals surface area contributed by atoms with Gasteiger partial charge in [-0.25, -0.2) is 15.0 Å². The minimum absolute atomic E-state index is 0.00838. The van der Waals surface area contributed by atoms with Gasteiger partial charge in [0, 0.05) is 96.8 Å². The van der Waals surface area contributed by atoms with Crippen LogP contribution in [0.4, 0.5) is 5.95 Å². The summed E-state index contributed by atoms with van der Waals surface area (Å²) in [6, 6.07) is 19.1. The number of phenolic OH excluding ortho intramolecular Hbond substituents is 1. The third-order valence-corrected chi connectivity index (χ3v) is 17.9. The molecule has 2 aliphatic carbocycles. The summed E-state index contributed by atoms with van der Waals surface area (Å²) in [4.78, 5) is 67.5. The standard InChI is InChI=1S/C56H66N10O5S/c1-32-50(72-31-59-32)36-12-10-34(11-13-36)29-58-52(70)46-22-39(67)30-66(46)53(71)42(55(3,4)5)24-48(69)37-25-56(26-37)27-38(28-56)64-19-15-35(16-20-64)43-14-18-57-54(61-43)65-21-17-44-49(33(65)2)41-23-45(62-63-51(41)60-44)40-8-6-7-9-47(40)68/h6-14,18,23,31,33,35,37-39,42,46,67-68H,15-17,19-22,24-30H2,1-5H3,(H,58,70)(H,60,63)/t33-,37?,38?,39+,42+,46-,56?/m0/s1. The lowest BCUT2D eigenvalue weighted by Crippen LogP contribution is -2.58. The number of carbonyl (C=O) groups excluding carboxylic acids is 3. The maximum atomic E-state index is 14.4. The molecular formula is C56H66N10O5S. The zero-order chi connectivity index (χ0) is 50.1. The van der Waals surface area contributed by atoms with E-state index in [-0.39, 0.29) is 60.1 Å². The maximum absolute atomic E-state index is 14.4. The summed E-state index contributed by atoms with van der Waals surface area (Å²) >= 11 is 1.60. The summed E-state index contributed by atoms with van der Waals surface area (Å²) in [5.41, 5.74) is 9.98. The summed E-state index contributed by atoms with van der Waals surface area (Å²) in [7, 11) is 0. The number of aromatic hydroxyl groups is 1. The Morgan fingerprint density at radius 2 is 1.74 bits per heavy atom. The number of β-amino-alcohol motifs (C(OH)–C–C–N with tert-alkyl or cyclic N) is 1. The molecule has 4 N–H and O–H groups in total. The molecule has 0 unspecified atom stereocenters. The smallest absolute Gasteiger partial charge is 0.243 e. The molecular weight excluding hydrogens is 925 g/mol. The predicted octanol–water partition coefficient (Wildman–Crippen LogP) is 8.31. The number of benzene rings is 2. The molecule has 3 aliphatic heterocycles. The fraction of sp³-hybridized carbons (Fsp3) is 0.500. The van der Waals surface area contributed by atoms with Gasteiger partial charge in [-0.3, -0.25) is 14.4 Å². The van der Waals surface area contributed by atoms with Crippen molar-refractivity contribution >= 4 is 45.9 Å². The molecule has 376 valence electrons. The number of rotatable bonds is 12. The lowest BCUT2D eigenvalue weighted by molar-refractivity contribution is -0.151. The van der Waals surface area contributed by atoms with Gasteiger partial charge < -0.3 is 35.2 Å². The first-order valence-electron chi connectivity index (χ1n) is 25.9. The number of fused-ring (bicyclic) bond motifs is 3. The van der Waals surface area contributed by atoms with Crippen LogP contribution in [0, 0.1) is 29.6 Å². The lowest BCUT2D eigenvalue weighted by atomic mass is 9.48. The van der Waals surface area contributed by atoms with E-state index < -0.39 is 23.5 Å². The zero-order valence-electron chi connectivity index (χ0n) is 42.0. The number of thiazole rings is 1. The predicted molar refractivity (Wildman–Crippen MR) is 277 cm³/mol. The number of hydrogen-bond donors (Lipinski definition) is 4. The molecule has 0 radical (unpaired) electrons. The first-order chi connectivity index (χ1) is 34.6. The molecule has 4 aromatic heterocycles.